The van der Waals surface area contributed by atoms with Gasteiger partial charge in [-0.1, -0.05) is 0 Å². The standard InChI is InChI=1S/C11H21NO6/c1-7(5-17-3)18-6-8(13)4-11(2,9(12)14)10(15)16/h7-8,13H,4-6H2,1-3H3,(H2,12,14)(H,15,16). The maximum Gasteiger partial charge on any atom is 0.319 e. The van der Waals surface area contributed by atoms with Gasteiger partial charge in [-0.15, -0.1) is 0 Å². The van der Waals surface area contributed by atoms with Crippen LogP contribution in [0.15, 0.2) is 0 Å². The summed E-state index contributed by atoms with van der Waals surface area (Å²) in [5.41, 5.74) is 3.23. The molecule has 0 bridgehead atoms. The summed E-state index contributed by atoms with van der Waals surface area (Å²) in [6, 6.07) is 0. The van der Waals surface area contributed by atoms with Crippen molar-refractivity contribution >= 4 is 11.9 Å². The maximum absolute atomic E-state index is 11.1. The largest absolute Gasteiger partial charge is 0.480 e. The number of hydrogen-bond acceptors (Lipinski definition) is 5. The smallest absolute Gasteiger partial charge is 0.319 e. The third-order valence-electron chi connectivity index (χ3n) is 2.63. The van der Waals surface area contributed by atoms with E-state index in [0.29, 0.717) is 6.61 Å². The highest BCUT2D eigenvalue weighted by atomic mass is 16.5. The molecule has 0 aliphatic carbocycles. The lowest BCUT2D eigenvalue weighted by molar-refractivity contribution is -0.156. The molecule has 3 unspecified atom stereocenters. The first-order valence-corrected chi connectivity index (χ1v) is 5.56. The molecule has 0 spiro atoms. The molecule has 0 aliphatic rings. The minimum atomic E-state index is -1.80. The van der Waals surface area contributed by atoms with E-state index in [9.17, 15) is 14.7 Å². The number of aliphatic hydroxyl groups is 1. The molecule has 0 aliphatic heterocycles. The van der Waals surface area contributed by atoms with Gasteiger partial charge in [0.15, 0.2) is 0 Å². The molecule has 0 radical (unpaired) electrons. The van der Waals surface area contributed by atoms with Gasteiger partial charge in [0.2, 0.25) is 5.91 Å². The highest BCUT2D eigenvalue weighted by Crippen LogP contribution is 2.23. The third-order valence-corrected chi connectivity index (χ3v) is 2.63. The van der Waals surface area contributed by atoms with E-state index in [4.69, 9.17) is 20.3 Å². The van der Waals surface area contributed by atoms with E-state index in [0.717, 1.165) is 0 Å². The number of carbonyl (C=O) groups is 2. The Hall–Kier alpha value is -1.18. The second-order valence-electron chi connectivity index (χ2n) is 4.46. The fraction of sp³-hybridized carbons (Fsp3) is 0.818. The number of ether oxygens (including phenoxy) is 2. The second kappa shape index (κ2) is 7.30. The fourth-order valence-electron chi connectivity index (χ4n) is 1.38. The molecule has 0 heterocycles. The molecule has 3 atom stereocenters. The first-order chi connectivity index (χ1) is 8.24. The lowest BCUT2D eigenvalue weighted by Gasteiger charge is -2.24. The summed E-state index contributed by atoms with van der Waals surface area (Å²) in [4.78, 5) is 22.1. The van der Waals surface area contributed by atoms with Gasteiger partial charge in [-0.05, 0) is 13.8 Å². The average Bonchev–Trinajstić information content (AvgIpc) is 2.26. The molecule has 0 fully saturated rings. The normalized spacial score (nSPS) is 17.8. The topological polar surface area (TPSA) is 119 Å². The summed E-state index contributed by atoms with van der Waals surface area (Å²) in [5.74, 6) is -2.35. The predicted octanol–water partition coefficient (Wildman–Crippen LogP) is -0.635. The van der Waals surface area contributed by atoms with Gasteiger partial charge < -0.3 is 25.4 Å². The van der Waals surface area contributed by atoms with Gasteiger partial charge in [-0.25, -0.2) is 0 Å². The zero-order valence-electron chi connectivity index (χ0n) is 10.9. The highest BCUT2D eigenvalue weighted by molar-refractivity contribution is 6.00. The van der Waals surface area contributed by atoms with Gasteiger partial charge in [-0.2, -0.15) is 0 Å². The number of nitrogens with two attached hydrogens (primary N) is 1. The van der Waals surface area contributed by atoms with Crippen molar-refractivity contribution < 1.29 is 29.3 Å². The zero-order chi connectivity index (χ0) is 14.3. The summed E-state index contributed by atoms with van der Waals surface area (Å²) in [7, 11) is 1.52. The molecule has 0 rings (SSSR count). The number of methoxy groups -OCH3 is 1. The first kappa shape index (κ1) is 16.8. The summed E-state index contributed by atoms with van der Waals surface area (Å²) in [6.45, 7) is 3.21. The number of carbonyl (C=O) groups excluding carboxylic acids is 1. The number of carboxylic acids is 1. The summed E-state index contributed by atoms with van der Waals surface area (Å²) in [6.07, 6.45) is -1.61. The molecule has 106 valence electrons. The third kappa shape index (κ3) is 4.99. The number of aliphatic hydroxyl groups excluding tert-OH is 1. The van der Waals surface area contributed by atoms with Gasteiger partial charge in [0, 0.05) is 13.5 Å². The van der Waals surface area contributed by atoms with Crippen molar-refractivity contribution in [3.63, 3.8) is 0 Å². The number of primary amides is 1. The van der Waals surface area contributed by atoms with Crippen LogP contribution < -0.4 is 5.73 Å². The van der Waals surface area contributed by atoms with Gasteiger partial charge in [-0.3, -0.25) is 9.59 Å². The van der Waals surface area contributed by atoms with Gasteiger partial charge in [0.1, 0.15) is 5.41 Å². The van der Waals surface area contributed by atoms with Gasteiger partial charge >= 0.3 is 5.97 Å². The van der Waals surface area contributed by atoms with E-state index in [1.165, 1.54) is 14.0 Å². The molecular formula is C11H21NO6. The zero-order valence-corrected chi connectivity index (χ0v) is 10.9. The Morgan fingerprint density at radius 2 is 1.94 bits per heavy atom. The van der Waals surface area contributed by atoms with Crippen LogP contribution in [0, 0.1) is 5.41 Å². The van der Waals surface area contributed by atoms with Crippen LogP contribution in [0.3, 0.4) is 0 Å². The minimum absolute atomic E-state index is 0.0827. The van der Waals surface area contributed by atoms with E-state index in [-0.39, 0.29) is 19.1 Å². The Morgan fingerprint density at radius 3 is 2.33 bits per heavy atom. The summed E-state index contributed by atoms with van der Waals surface area (Å²) < 4.78 is 10.1. The van der Waals surface area contributed by atoms with Crippen LogP contribution in [-0.2, 0) is 19.1 Å². The molecule has 7 nitrogen and oxygen atoms in total. The monoisotopic (exact) mass is 263 g/mol. The average molecular weight is 263 g/mol. The highest BCUT2D eigenvalue weighted by Gasteiger charge is 2.41. The van der Waals surface area contributed by atoms with E-state index in [2.05, 4.69) is 0 Å². The molecule has 0 saturated carbocycles. The Bertz CT molecular complexity index is 279. The van der Waals surface area contributed by atoms with E-state index >= 15 is 0 Å². The van der Waals surface area contributed by atoms with Crippen molar-refractivity contribution in [1.82, 2.24) is 0 Å². The van der Waals surface area contributed by atoms with Crippen molar-refractivity contribution in [1.29, 1.82) is 0 Å². The first-order valence-electron chi connectivity index (χ1n) is 5.56. The number of aliphatic carboxylic acids is 1. The molecule has 7 heteroatoms. The van der Waals surface area contributed by atoms with E-state index < -0.39 is 23.4 Å². The summed E-state index contributed by atoms with van der Waals surface area (Å²) in [5, 5.41) is 18.6. The Kier molecular flexibility index (Phi) is 6.82. The predicted molar refractivity (Wildman–Crippen MR) is 62.9 cm³/mol. The van der Waals surface area contributed by atoms with Crippen molar-refractivity contribution in [3.05, 3.63) is 0 Å². The SMILES string of the molecule is COCC(C)OCC(O)CC(C)(C(N)=O)C(=O)O. The van der Waals surface area contributed by atoms with E-state index in [1.54, 1.807) is 6.92 Å². The van der Waals surface area contributed by atoms with Crippen LogP contribution in [0.4, 0.5) is 0 Å². The number of hydrogen-bond donors (Lipinski definition) is 3. The Balaban J connectivity index is 4.32. The minimum Gasteiger partial charge on any atom is -0.480 e. The Labute approximate surface area is 106 Å². The molecular weight excluding hydrogens is 242 g/mol. The lowest BCUT2D eigenvalue weighted by Crippen LogP contribution is -2.44. The van der Waals surface area contributed by atoms with Gasteiger partial charge in [0.05, 0.1) is 25.4 Å². The van der Waals surface area contributed by atoms with Crippen molar-refractivity contribution in [2.75, 3.05) is 20.3 Å². The van der Waals surface area contributed by atoms with Crippen LogP contribution in [0.1, 0.15) is 20.3 Å². The number of amides is 1. The Morgan fingerprint density at radius 1 is 1.39 bits per heavy atom. The van der Waals surface area contributed by atoms with Crippen molar-refractivity contribution in [2.24, 2.45) is 11.1 Å². The molecule has 1 amide bonds. The van der Waals surface area contributed by atoms with Crippen molar-refractivity contribution in [2.45, 2.75) is 32.5 Å². The molecule has 0 aromatic rings. The van der Waals surface area contributed by atoms with Crippen LogP contribution in [0.25, 0.3) is 0 Å². The fourth-order valence-corrected chi connectivity index (χ4v) is 1.38. The van der Waals surface area contributed by atoms with Crippen LogP contribution in [0.2, 0.25) is 0 Å². The van der Waals surface area contributed by atoms with Crippen LogP contribution in [-0.4, -0.2) is 54.6 Å². The molecule has 0 aromatic carbocycles. The van der Waals surface area contributed by atoms with Crippen LogP contribution in [0.5, 0.6) is 0 Å². The summed E-state index contributed by atoms with van der Waals surface area (Å²) >= 11 is 0. The quantitative estimate of drug-likeness (QED) is 0.476. The lowest BCUT2D eigenvalue weighted by atomic mass is 9.84. The van der Waals surface area contributed by atoms with E-state index in [1.807, 2.05) is 0 Å². The molecule has 0 aromatic heterocycles. The van der Waals surface area contributed by atoms with Crippen molar-refractivity contribution in [3.8, 4) is 0 Å². The van der Waals surface area contributed by atoms with Gasteiger partial charge in [0.25, 0.3) is 0 Å². The number of carboxylic acid groups (broad SMARTS) is 1. The number of rotatable bonds is 9. The molecule has 18 heavy (non-hydrogen) atoms. The maximum atomic E-state index is 11.1. The molecule has 0 saturated heterocycles. The van der Waals surface area contributed by atoms with Crippen LogP contribution >= 0.6 is 0 Å². The second-order valence-corrected chi connectivity index (χ2v) is 4.46. The molecule has 4 N–H and O–H groups in total.